The molecule has 1 saturated carbocycles. The van der Waals surface area contributed by atoms with Gasteiger partial charge in [-0.25, -0.2) is 4.90 Å². The molecule has 3 aliphatic rings. The number of amides is 2. The summed E-state index contributed by atoms with van der Waals surface area (Å²) in [5.41, 5.74) is 5.64. The van der Waals surface area contributed by atoms with Crippen LogP contribution >= 0.6 is 15.9 Å². The van der Waals surface area contributed by atoms with E-state index in [1.807, 2.05) is 99.6 Å². The molecule has 47 heavy (non-hydrogen) atoms. The fraction of sp³-hybridized carbons (Fsp3) is 0.167. The van der Waals surface area contributed by atoms with Gasteiger partial charge in [-0.05, 0) is 71.9 Å². The number of aryl methyl sites for hydroxylation is 3. The van der Waals surface area contributed by atoms with Crippen LogP contribution in [0.3, 0.4) is 0 Å². The highest BCUT2D eigenvalue weighted by Crippen LogP contribution is 2.74. The number of Topliss-reactive ketones (excluding diaryl/α,β-unsaturated/α-hetero) is 1. The molecule has 2 bridgehead atoms. The first-order valence-electron chi connectivity index (χ1n) is 15.9. The van der Waals surface area contributed by atoms with Crippen molar-refractivity contribution in [2.45, 2.75) is 31.6 Å². The number of carbonyl (C=O) groups excluding carboxylic acids is 3. The summed E-state index contributed by atoms with van der Waals surface area (Å²) in [5.74, 6) is -2.71. The van der Waals surface area contributed by atoms with Crippen molar-refractivity contribution >= 4 is 50.4 Å². The Hall–Kier alpha value is -4.87. The highest BCUT2D eigenvalue weighted by Gasteiger charge is 2.82. The molecular weight excluding hydrogens is 646 g/mol. The Morgan fingerprint density at radius 3 is 1.38 bits per heavy atom. The lowest BCUT2D eigenvalue weighted by atomic mass is 9.59. The third-order valence-corrected chi connectivity index (χ3v) is 11.4. The van der Waals surface area contributed by atoms with Gasteiger partial charge in [0.15, 0.2) is 5.78 Å². The lowest BCUT2D eigenvalue weighted by molar-refractivity contribution is -0.130. The monoisotopic (exact) mass is 677 g/mol. The molecule has 2 fully saturated rings. The first-order valence-corrected chi connectivity index (χ1v) is 16.7. The molecule has 5 heteroatoms. The van der Waals surface area contributed by atoms with Gasteiger partial charge in [0.1, 0.15) is 0 Å². The number of ketones is 1. The second-order valence-electron chi connectivity index (χ2n) is 13.1. The van der Waals surface area contributed by atoms with Gasteiger partial charge in [0, 0.05) is 4.47 Å². The normalized spacial score (nSPS) is 24.8. The predicted molar refractivity (Wildman–Crippen MR) is 189 cm³/mol. The summed E-state index contributed by atoms with van der Waals surface area (Å²) in [6.07, 6.45) is 0. The van der Waals surface area contributed by atoms with Crippen LogP contribution in [-0.2, 0) is 25.2 Å². The molecule has 2 amide bonds. The van der Waals surface area contributed by atoms with E-state index in [-0.39, 0.29) is 17.6 Å². The second-order valence-corrected chi connectivity index (χ2v) is 13.9. The summed E-state index contributed by atoms with van der Waals surface area (Å²) in [5, 5.41) is 0. The highest BCUT2D eigenvalue weighted by atomic mass is 79.9. The summed E-state index contributed by atoms with van der Waals surface area (Å²) in [7, 11) is 0. The number of imide groups is 1. The second kappa shape index (κ2) is 10.6. The predicted octanol–water partition coefficient (Wildman–Crippen LogP) is 8.56. The van der Waals surface area contributed by atoms with Crippen LogP contribution in [0.2, 0.25) is 0 Å². The minimum Gasteiger partial charge on any atom is -0.297 e. The van der Waals surface area contributed by atoms with E-state index in [2.05, 4.69) is 64.5 Å². The maximum Gasteiger partial charge on any atom is 0.239 e. The van der Waals surface area contributed by atoms with Gasteiger partial charge in [-0.1, -0.05) is 142 Å². The molecule has 5 aromatic rings. The average molecular weight is 679 g/mol. The van der Waals surface area contributed by atoms with Crippen LogP contribution < -0.4 is 4.90 Å². The van der Waals surface area contributed by atoms with Gasteiger partial charge in [-0.15, -0.1) is 0 Å². The number of hydrogen-bond donors (Lipinski definition) is 0. The van der Waals surface area contributed by atoms with Crippen LogP contribution in [0.1, 0.15) is 38.9 Å². The number of hydrogen-bond acceptors (Lipinski definition) is 3. The summed E-state index contributed by atoms with van der Waals surface area (Å²) < 4.78 is 0.807. The molecule has 8 rings (SSSR count). The van der Waals surface area contributed by atoms with Gasteiger partial charge in [0.25, 0.3) is 0 Å². The molecule has 0 unspecified atom stereocenters. The average Bonchev–Trinajstić information content (AvgIpc) is 3.60. The number of anilines is 1. The van der Waals surface area contributed by atoms with Gasteiger partial charge in [0.2, 0.25) is 11.8 Å². The first kappa shape index (κ1) is 29.5. The molecule has 0 aromatic heterocycles. The standard InChI is InChI=1S/C42H32BrNO3/c1-25-14-19-28(20-15-25)34-35(29-21-16-26(2)17-22-29)42(31-12-8-5-9-13-31)37-36(41(34,40(42)47)30-10-6-4-7-11-30)38(45)44(39(37)46)32-23-18-27(3)33(43)24-32/h4-24,36-37H,1-3H3/t36-,37-,41+,42+/m0/s1. The van der Waals surface area contributed by atoms with Gasteiger partial charge >= 0.3 is 0 Å². The van der Waals surface area contributed by atoms with Crippen molar-refractivity contribution in [3.63, 3.8) is 0 Å². The van der Waals surface area contributed by atoms with E-state index in [4.69, 9.17) is 0 Å². The SMILES string of the molecule is Cc1ccc(C2=C(c3ccc(C)cc3)[C@@]3(c4ccccc4)C(=O)[C@@]2(c2ccccc2)[C@@H]2C(=O)N(c4ccc(C)c(Br)c4)C(=O)[C@H]23)cc1. The zero-order valence-electron chi connectivity index (χ0n) is 26.3. The van der Waals surface area contributed by atoms with Crippen molar-refractivity contribution in [3.8, 4) is 0 Å². The zero-order valence-corrected chi connectivity index (χ0v) is 27.9. The molecule has 4 nitrogen and oxygen atoms in total. The van der Waals surface area contributed by atoms with Gasteiger partial charge in [0.05, 0.1) is 28.4 Å². The van der Waals surface area contributed by atoms with Crippen LogP contribution in [0.5, 0.6) is 0 Å². The minimum absolute atomic E-state index is 0.116. The lowest BCUT2D eigenvalue weighted by Gasteiger charge is -2.39. The van der Waals surface area contributed by atoms with Crippen molar-refractivity contribution in [3.05, 3.63) is 171 Å². The molecule has 1 aliphatic heterocycles. The van der Waals surface area contributed by atoms with Crippen LogP contribution in [-0.4, -0.2) is 17.6 Å². The Bertz CT molecular complexity index is 2010. The molecule has 1 heterocycles. The third kappa shape index (κ3) is 3.84. The van der Waals surface area contributed by atoms with Crippen molar-refractivity contribution < 1.29 is 14.4 Å². The van der Waals surface area contributed by atoms with Gasteiger partial charge in [-0.2, -0.15) is 0 Å². The molecule has 0 spiro atoms. The lowest BCUT2D eigenvalue weighted by Crippen LogP contribution is -2.45. The van der Waals surface area contributed by atoms with Crippen LogP contribution in [0, 0.1) is 32.6 Å². The maximum atomic E-state index is 16.0. The molecule has 0 N–H and O–H groups in total. The highest BCUT2D eigenvalue weighted by molar-refractivity contribution is 9.10. The van der Waals surface area contributed by atoms with Crippen LogP contribution in [0.4, 0.5) is 5.69 Å². The van der Waals surface area contributed by atoms with E-state index >= 15 is 14.4 Å². The molecular formula is C42H32BrNO3. The number of carbonyl (C=O) groups is 3. The molecule has 0 radical (unpaired) electrons. The number of rotatable bonds is 5. The van der Waals surface area contributed by atoms with E-state index in [0.29, 0.717) is 5.69 Å². The Morgan fingerprint density at radius 2 is 0.979 bits per heavy atom. The zero-order chi connectivity index (χ0) is 32.7. The van der Waals surface area contributed by atoms with Crippen LogP contribution in [0.25, 0.3) is 11.1 Å². The van der Waals surface area contributed by atoms with E-state index in [9.17, 15) is 0 Å². The van der Waals surface area contributed by atoms with Gasteiger partial charge < -0.3 is 0 Å². The third-order valence-electron chi connectivity index (χ3n) is 10.5. The Labute approximate surface area is 282 Å². The quantitative estimate of drug-likeness (QED) is 0.175. The summed E-state index contributed by atoms with van der Waals surface area (Å²) in [4.78, 5) is 47.6. The number of fused-ring (bicyclic) bond motifs is 5. The van der Waals surface area contributed by atoms with Crippen molar-refractivity contribution in [2.75, 3.05) is 4.90 Å². The van der Waals surface area contributed by atoms with Gasteiger partial charge in [-0.3, -0.25) is 14.4 Å². The molecule has 5 aromatic carbocycles. The first-order chi connectivity index (χ1) is 22.7. The van der Waals surface area contributed by atoms with Crippen LogP contribution in [0.15, 0.2) is 132 Å². The number of benzene rings is 5. The summed E-state index contributed by atoms with van der Waals surface area (Å²) in [6.45, 7) is 6.04. The smallest absolute Gasteiger partial charge is 0.239 e. The maximum absolute atomic E-state index is 16.0. The summed E-state index contributed by atoms with van der Waals surface area (Å²) >= 11 is 3.61. The molecule has 2 aliphatic carbocycles. The number of allylic oxidation sites excluding steroid dienone is 2. The number of nitrogens with zero attached hydrogens (tertiary/aromatic N) is 1. The van der Waals surface area contributed by atoms with Crippen molar-refractivity contribution in [2.24, 2.45) is 11.8 Å². The summed E-state index contributed by atoms with van der Waals surface area (Å²) in [6, 6.07) is 41.3. The van der Waals surface area contributed by atoms with E-state index in [1.54, 1.807) is 0 Å². The van der Waals surface area contributed by atoms with E-state index < -0.39 is 22.7 Å². The van der Waals surface area contributed by atoms with E-state index in [1.165, 1.54) is 4.90 Å². The van der Waals surface area contributed by atoms with Crippen molar-refractivity contribution in [1.29, 1.82) is 0 Å². The fourth-order valence-electron chi connectivity index (χ4n) is 8.54. The largest absolute Gasteiger partial charge is 0.297 e. The molecule has 230 valence electrons. The Kier molecular flexibility index (Phi) is 6.65. The number of halogens is 1. The molecule has 4 atom stereocenters. The minimum atomic E-state index is -1.42. The van der Waals surface area contributed by atoms with Crippen molar-refractivity contribution in [1.82, 2.24) is 0 Å². The Balaban J connectivity index is 1.55. The molecule has 1 saturated heterocycles. The topological polar surface area (TPSA) is 54.5 Å². The Morgan fingerprint density at radius 1 is 0.553 bits per heavy atom. The van der Waals surface area contributed by atoms with E-state index in [0.717, 1.165) is 54.6 Å². The fourth-order valence-corrected chi connectivity index (χ4v) is 8.91.